The van der Waals surface area contributed by atoms with E-state index in [0.717, 1.165) is 4.90 Å². The van der Waals surface area contributed by atoms with E-state index in [2.05, 4.69) is 0 Å². The average molecular weight is 225 g/mol. The zero-order valence-corrected chi connectivity index (χ0v) is 9.77. The van der Waals surface area contributed by atoms with Crippen molar-refractivity contribution in [3.8, 4) is 0 Å². The number of rotatable bonds is 3. The SMILES string of the molecule is Cc1ccoc1C(=O)N(C)C(C)(C)C(=O)O. The molecule has 0 fully saturated rings. The van der Waals surface area contributed by atoms with E-state index in [1.807, 2.05) is 0 Å². The zero-order chi connectivity index (χ0) is 12.5. The van der Waals surface area contributed by atoms with Crippen molar-refractivity contribution in [3.05, 3.63) is 23.7 Å². The van der Waals surface area contributed by atoms with Gasteiger partial charge in [0.1, 0.15) is 5.54 Å². The van der Waals surface area contributed by atoms with Crippen molar-refractivity contribution >= 4 is 11.9 Å². The molecular weight excluding hydrogens is 210 g/mol. The van der Waals surface area contributed by atoms with Crippen LogP contribution in [0.3, 0.4) is 0 Å². The van der Waals surface area contributed by atoms with E-state index >= 15 is 0 Å². The van der Waals surface area contributed by atoms with Gasteiger partial charge >= 0.3 is 5.97 Å². The van der Waals surface area contributed by atoms with Crippen LogP contribution in [-0.4, -0.2) is 34.5 Å². The van der Waals surface area contributed by atoms with Crippen LogP contribution in [0.4, 0.5) is 0 Å². The molecule has 0 radical (unpaired) electrons. The van der Waals surface area contributed by atoms with Crippen molar-refractivity contribution in [2.24, 2.45) is 0 Å². The molecule has 0 aliphatic rings. The summed E-state index contributed by atoms with van der Waals surface area (Å²) >= 11 is 0. The summed E-state index contributed by atoms with van der Waals surface area (Å²) in [6.45, 7) is 4.66. The van der Waals surface area contributed by atoms with Crippen LogP contribution >= 0.6 is 0 Å². The summed E-state index contributed by atoms with van der Waals surface area (Å²) < 4.78 is 5.04. The van der Waals surface area contributed by atoms with Crippen LogP contribution in [0.25, 0.3) is 0 Å². The first-order chi connectivity index (χ1) is 7.28. The first-order valence-electron chi connectivity index (χ1n) is 4.84. The molecule has 1 amide bonds. The van der Waals surface area contributed by atoms with Crippen LogP contribution in [-0.2, 0) is 4.79 Å². The summed E-state index contributed by atoms with van der Waals surface area (Å²) in [5, 5.41) is 9.00. The summed E-state index contributed by atoms with van der Waals surface area (Å²) in [5.41, 5.74) is -0.575. The van der Waals surface area contributed by atoms with Gasteiger partial charge in [-0.1, -0.05) is 0 Å². The van der Waals surface area contributed by atoms with Gasteiger partial charge in [0.05, 0.1) is 6.26 Å². The normalized spacial score (nSPS) is 11.2. The fourth-order valence-corrected chi connectivity index (χ4v) is 1.14. The highest BCUT2D eigenvalue weighted by Crippen LogP contribution is 2.18. The molecule has 88 valence electrons. The highest BCUT2D eigenvalue weighted by atomic mass is 16.4. The lowest BCUT2D eigenvalue weighted by Gasteiger charge is -2.30. The van der Waals surface area contributed by atoms with Crippen LogP contribution < -0.4 is 0 Å². The number of carboxylic acids is 1. The third-order valence-corrected chi connectivity index (χ3v) is 2.72. The average Bonchev–Trinajstić information content (AvgIpc) is 2.61. The molecule has 0 unspecified atom stereocenters. The minimum absolute atomic E-state index is 0.178. The fraction of sp³-hybridized carbons (Fsp3) is 0.455. The number of hydrogen-bond donors (Lipinski definition) is 1. The molecule has 0 aromatic carbocycles. The molecule has 0 saturated carbocycles. The van der Waals surface area contributed by atoms with Gasteiger partial charge in [0.2, 0.25) is 0 Å². The molecule has 5 heteroatoms. The van der Waals surface area contributed by atoms with Gasteiger partial charge in [-0.2, -0.15) is 0 Å². The molecule has 0 bridgehead atoms. The Bertz CT molecular complexity index is 419. The van der Waals surface area contributed by atoms with E-state index in [-0.39, 0.29) is 5.76 Å². The summed E-state index contributed by atoms with van der Waals surface area (Å²) in [7, 11) is 1.44. The Kier molecular flexibility index (Phi) is 3.07. The van der Waals surface area contributed by atoms with Crippen LogP contribution in [0.2, 0.25) is 0 Å². The van der Waals surface area contributed by atoms with Crippen molar-refractivity contribution in [1.82, 2.24) is 4.90 Å². The maximum Gasteiger partial charge on any atom is 0.329 e. The number of furan rings is 1. The molecule has 16 heavy (non-hydrogen) atoms. The smallest absolute Gasteiger partial charge is 0.329 e. The van der Waals surface area contributed by atoms with Gasteiger partial charge in [-0.05, 0) is 26.8 Å². The van der Waals surface area contributed by atoms with Gasteiger partial charge in [0.15, 0.2) is 5.76 Å². The standard InChI is InChI=1S/C11H15NO4/c1-7-5-6-16-8(7)9(13)12(4)11(2,3)10(14)15/h5-6H,1-4H3,(H,14,15). The highest BCUT2D eigenvalue weighted by Gasteiger charge is 2.36. The maximum atomic E-state index is 11.9. The number of likely N-dealkylation sites (N-methyl/N-ethyl adjacent to an activating group) is 1. The van der Waals surface area contributed by atoms with Gasteiger partial charge in [-0.25, -0.2) is 4.79 Å². The lowest BCUT2D eigenvalue weighted by atomic mass is 10.0. The Morgan fingerprint density at radius 1 is 1.44 bits per heavy atom. The molecule has 1 aromatic rings. The summed E-state index contributed by atoms with van der Waals surface area (Å²) in [6.07, 6.45) is 1.41. The number of nitrogens with zero attached hydrogens (tertiary/aromatic N) is 1. The Hall–Kier alpha value is -1.78. The van der Waals surface area contributed by atoms with Gasteiger partial charge < -0.3 is 14.4 Å². The number of carbonyl (C=O) groups is 2. The third kappa shape index (κ3) is 1.93. The molecule has 1 rings (SSSR count). The molecule has 0 aliphatic carbocycles. The summed E-state index contributed by atoms with van der Waals surface area (Å²) in [4.78, 5) is 24.1. The molecule has 1 heterocycles. The number of hydrogen-bond acceptors (Lipinski definition) is 3. The molecule has 0 spiro atoms. The Morgan fingerprint density at radius 3 is 2.38 bits per heavy atom. The first kappa shape index (κ1) is 12.3. The molecule has 1 aromatic heterocycles. The second kappa shape index (κ2) is 4.00. The van der Waals surface area contributed by atoms with Gasteiger partial charge in [0.25, 0.3) is 5.91 Å². The van der Waals surface area contributed by atoms with E-state index in [9.17, 15) is 9.59 Å². The van der Waals surface area contributed by atoms with E-state index in [0.29, 0.717) is 5.56 Å². The number of carboxylic acid groups (broad SMARTS) is 1. The Labute approximate surface area is 93.7 Å². The first-order valence-corrected chi connectivity index (χ1v) is 4.84. The van der Waals surface area contributed by atoms with Crippen molar-refractivity contribution in [3.63, 3.8) is 0 Å². The second-order valence-corrected chi connectivity index (χ2v) is 4.16. The Balaban J connectivity index is 3.00. The van der Waals surface area contributed by atoms with E-state index in [4.69, 9.17) is 9.52 Å². The van der Waals surface area contributed by atoms with Gasteiger partial charge in [-0.15, -0.1) is 0 Å². The van der Waals surface area contributed by atoms with Crippen LogP contribution in [0.15, 0.2) is 16.7 Å². The number of aliphatic carboxylic acids is 1. The lowest BCUT2D eigenvalue weighted by Crippen LogP contribution is -2.50. The minimum atomic E-state index is -1.27. The van der Waals surface area contributed by atoms with Crippen molar-refractivity contribution < 1.29 is 19.1 Å². The van der Waals surface area contributed by atoms with Crippen molar-refractivity contribution in [2.75, 3.05) is 7.05 Å². The van der Waals surface area contributed by atoms with Crippen LogP contribution in [0, 0.1) is 6.92 Å². The number of aryl methyl sites for hydroxylation is 1. The summed E-state index contributed by atoms with van der Waals surface area (Å²) in [6, 6.07) is 1.66. The predicted molar refractivity (Wildman–Crippen MR) is 57.3 cm³/mol. The largest absolute Gasteiger partial charge is 0.480 e. The highest BCUT2D eigenvalue weighted by molar-refractivity contribution is 5.96. The van der Waals surface area contributed by atoms with Gasteiger partial charge in [0, 0.05) is 12.6 Å². The molecule has 0 saturated heterocycles. The fourth-order valence-electron chi connectivity index (χ4n) is 1.14. The van der Waals surface area contributed by atoms with E-state index in [1.54, 1.807) is 13.0 Å². The van der Waals surface area contributed by atoms with Crippen LogP contribution in [0.5, 0.6) is 0 Å². The van der Waals surface area contributed by atoms with Crippen molar-refractivity contribution in [2.45, 2.75) is 26.3 Å². The third-order valence-electron chi connectivity index (χ3n) is 2.72. The molecule has 0 aliphatic heterocycles. The van der Waals surface area contributed by atoms with Gasteiger partial charge in [-0.3, -0.25) is 4.79 Å². The second-order valence-electron chi connectivity index (χ2n) is 4.16. The summed E-state index contributed by atoms with van der Waals surface area (Å²) in [5.74, 6) is -1.32. The number of carbonyl (C=O) groups excluding carboxylic acids is 1. The molecular formula is C11H15NO4. The van der Waals surface area contributed by atoms with E-state index < -0.39 is 17.4 Å². The minimum Gasteiger partial charge on any atom is -0.480 e. The monoisotopic (exact) mass is 225 g/mol. The van der Waals surface area contributed by atoms with E-state index in [1.165, 1.54) is 27.2 Å². The van der Waals surface area contributed by atoms with Crippen LogP contribution in [0.1, 0.15) is 30.0 Å². The van der Waals surface area contributed by atoms with Crippen molar-refractivity contribution in [1.29, 1.82) is 0 Å². The maximum absolute atomic E-state index is 11.9. The zero-order valence-electron chi connectivity index (χ0n) is 9.77. The quantitative estimate of drug-likeness (QED) is 0.846. The predicted octanol–water partition coefficient (Wildman–Crippen LogP) is 1.52. The number of amides is 1. The lowest BCUT2D eigenvalue weighted by molar-refractivity contribution is -0.147. The Morgan fingerprint density at radius 2 is 2.00 bits per heavy atom. The molecule has 5 nitrogen and oxygen atoms in total. The topological polar surface area (TPSA) is 70.8 Å². The molecule has 1 N–H and O–H groups in total. The molecule has 0 atom stereocenters.